The van der Waals surface area contributed by atoms with Crippen LogP contribution in [0.15, 0.2) is 24.3 Å². The third kappa shape index (κ3) is 3.20. The van der Waals surface area contributed by atoms with E-state index in [0.29, 0.717) is 24.0 Å². The summed E-state index contributed by atoms with van der Waals surface area (Å²) in [6, 6.07) is 2.90. The average molecular weight is 288 g/mol. The van der Waals surface area contributed by atoms with Gasteiger partial charge >= 0.3 is 6.18 Å². The summed E-state index contributed by atoms with van der Waals surface area (Å²) in [5, 5.41) is 9.78. The zero-order valence-corrected chi connectivity index (χ0v) is 11.3. The molecule has 0 saturated heterocycles. The minimum Gasteiger partial charge on any atom is -0.389 e. The molecule has 0 bridgehead atoms. The Morgan fingerprint density at radius 1 is 1.25 bits per heavy atom. The Bertz CT molecular complexity index is 543. The van der Waals surface area contributed by atoms with Crippen LogP contribution in [0.25, 0.3) is 5.57 Å². The quantitative estimate of drug-likeness (QED) is 0.759. The van der Waals surface area contributed by atoms with Gasteiger partial charge in [-0.15, -0.1) is 0 Å². The van der Waals surface area contributed by atoms with Gasteiger partial charge in [-0.2, -0.15) is 13.2 Å². The molecule has 0 fully saturated rings. The standard InChI is InChI=1S/C15H16F4O/c1-14(2)7-10(5-11(20)8-14)9-3-4-12(13(16)6-9)15(17,18)19/h3-6,11,20H,7-8H2,1-2H3. The van der Waals surface area contributed by atoms with Crippen LogP contribution in [0, 0.1) is 11.2 Å². The molecule has 1 aliphatic carbocycles. The first-order valence-corrected chi connectivity index (χ1v) is 6.34. The third-order valence-electron chi connectivity index (χ3n) is 3.47. The van der Waals surface area contributed by atoms with Crippen LogP contribution in [0.3, 0.4) is 0 Å². The minimum absolute atomic E-state index is 0.164. The summed E-state index contributed by atoms with van der Waals surface area (Å²) in [6.07, 6.45) is -2.58. The van der Waals surface area contributed by atoms with E-state index in [-0.39, 0.29) is 5.41 Å². The highest BCUT2D eigenvalue weighted by atomic mass is 19.4. The summed E-state index contributed by atoms with van der Waals surface area (Å²) in [5.41, 5.74) is -0.357. The maximum atomic E-state index is 13.6. The van der Waals surface area contributed by atoms with Gasteiger partial charge in [-0.3, -0.25) is 0 Å². The zero-order valence-electron chi connectivity index (χ0n) is 11.3. The molecule has 0 saturated carbocycles. The van der Waals surface area contributed by atoms with Crippen LogP contribution in [0.1, 0.15) is 37.8 Å². The Balaban J connectivity index is 2.38. The Labute approximate surface area is 114 Å². The van der Waals surface area contributed by atoms with E-state index in [1.807, 2.05) is 13.8 Å². The SMILES string of the molecule is CC1(C)CC(c2ccc(C(F)(F)F)c(F)c2)=CC(O)C1. The number of hydrogen-bond acceptors (Lipinski definition) is 1. The van der Waals surface area contributed by atoms with E-state index < -0.39 is 23.7 Å². The van der Waals surface area contributed by atoms with Gasteiger partial charge in [0.15, 0.2) is 0 Å². The van der Waals surface area contributed by atoms with Crippen LogP contribution in [0.2, 0.25) is 0 Å². The maximum absolute atomic E-state index is 13.6. The van der Waals surface area contributed by atoms with E-state index in [0.717, 1.165) is 12.1 Å². The maximum Gasteiger partial charge on any atom is 0.419 e. The van der Waals surface area contributed by atoms with Crippen molar-refractivity contribution >= 4 is 5.57 Å². The molecular formula is C15H16F4O. The van der Waals surface area contributed by atoms with Gasteiger partial charge in [0, 0.05) is 0 Å². The molecular weight excluding hydrogens is 272 g/mol. The van der Waals surface area contributed by atoms with E-state index in [1.165, 1.54) is 6.07 Å². The molecule has 5 heteroatoms. The van der Waals surface area contributed by atoms with E-state index in [4.69, 9.17) is 0 Å². The van der Waals surface area contributed by atoms with Crippen LogP contribution in [0.4, 0.5) is 17.6 Å². The number of halogens is 4. The van der Waals surface area contributed by atoms with Crippen molar-refractivity contribution in [3.8, 4) is 0 Å². The van der Waals surface area contributed by atoms with Gasteiger partial charge in [-0.1, -0.05) is 26.0 Å². The van der Waals surface area contributed by atoms with Gasteiger partial charge in [-0.05, 0) is 41.5 Å². The molecule has 20 heavy (non-hydrogen) atoms. The lowest BCUT2D eigenvalue weighted by atomic mass is 9.74. The van der Waals surface area contributed by atoms with Gasteiger partial charge in [0.25, 0.3) is 0 Å². The van der Waals surface area contributed by atoms with Gasteiger partial charge in [0.1, 0.15) is 5.82 Å². The second-order valence-corrected chi connectivity index (χ2v) is 6.00. The van der Waals surface area contributed by atoms with Crippen molar-refractivity contribution in [2.75, 3.05) is 0 Å². The lowest BCUT2D eigenvalue weighted by Gasteiger charge is -2.32. The first-order chi connectivity index (χ1) is 9.08. The first-order valence-electron chi connectivity index (χ1n) is 6.34. The van der Waals surface area contributed by atoms with Gasteiger partial charge in [-0.25, -0.2) is 4.39 Å². The van der Waals surface area contributed by atoms with Crippen molar-refractivity contribution in [1.29, 1.82) is 0 Å². The Kier molecular flexibility index (Phi) is 3.67. The van der Waals surface area contributed by atoms with Crippen molar-refractivity contribution in [2.24, 2.45) is 5.41 Å². The van der Waals surface area contributed by atoms with Gasteiger partial charge in [0.05, 0.1) is 11.7 Å². The number of benzene rings is 1. The van der Waals surface area contributed by atoms with Crippen molar-refractivity contribution in [1.82, 2.24) is 0 Å². The molecule has 0 amide bonds. The van der Waals surface area contributed by atoms with Crippen LogP contribution in [-0.4, -0.2) is 11.2 Å². The molecule has 0 heterocycles. The monoisotopic (exact) mass is 288 g/mol. The second kappa shape index (κ2) is 4.88. The summed E-state index contributed by atoms with van der Waals surface area (Å²) in [6.45, 7) is 3.92. The molecule has 110 valence electrons. The predicted octanol–water partition coefficient (Wildman–Crippen LogP) is 4.41. The molecule has 0 spiro atoms. The van der Waals surface area contributed by atoms with Crippen LogP contribution in [-0.2, 0) is 6.18 Å². The second-order valence-electron chi connectivity index (χ2n) is 6.00. The van der Waals surface area contributed by atoms with Crippen molar-refractivity contribution < 1.29 is 22.7 Å². The topological polar surface area (TPSA) is 20.2 Å². The van der Waals surface area contributed by atoms with Crippen molar-refractivity contribution in [3.05, 3.63) is 41.2 Å². The molecule has 1 unspecified atom stereocenters. The van der Waals surface area contributed by atoms with Crippen LogP contribution < -0.4 is 0 Å². The Morgan fingerprint density at radius 2 is 1.90 bits per heavy atom. The largest absolute Gasteiger partial charge is 0.419 e. The highest BCUT2D eigenvalue weighted by Crippen LogP contribution is 2.40. The number of rotatable bonds is 1. The number of aliphatic hydroxyl groups excluding tert-OH is 1. The summed E-state index contributed by atoms with van der Waals surface area (Å²) >= 11 is 0. The molecule has 0 aliphatic heterocycles. The summed E-state index contributed by atoms with van der Waals surface area (Å²) in [7, 11) is 0. The van der Waals surface area contributed by atoms with Crippen molar-refractivity contribution in [3.63, 3.8) is 0 Å². The van der Waals surface area contributed by atoms with Crippen LogP contribution >= 0.6 is 0 Å². The normalized spacial score (nSPS) is 22.6. The molecule has 1 aromatic rings. The summed E-state index contributed by atoms with van der Waals surface area (Å²) in [5.74, 6) is -1.28. The minimum atomic E-state index is -4.69. The molecule has 1 N–H and O–H groups in total. The molecule has 0 radical (unpaired) electrons. The van der Waals surface area contributed by atoms with E-state index in [2.05, 4.69) is 0 Å². The summed E-state index contributed by atoms with van der Waals surface area (Å²) < 4.78 is 51.1. The summed E-state index contributed by atoms with van der Waals surface area (Å²) in [4.78, 5) is 0. The Hall–Kier alpha value is -1.36. The van der Waals surface area contributed by atoms with E-state index in [9.17, 15) is 22.7 Å². The molecule has 1 aromatic carbocycles. The number of hydrogen-bond donors (Lipinski definition) is 1. The van der Waals surface area contributed by atoms with E-state index in [1.54, 1.807) is 6.08 Å². The molecule has 1 atom stereocenters. The lowest BCUT2D eigenvalue weighted by Crippen LogP contribution is -2.24. The number of allylic oxidation sites excluding steroid dienone is 1. The fraction of sp³-hybridized carbons (Fsp3) is 0.467. The molecule has 1 aliphatic rings. The average Bonchev–Trinajstić information content (AvgIpc) is 2.24. The zero-order chi connectivity index (χ0) is 15.1. The number of aliphatic hydroxyl groups is 1. The number of alkyl halides is 3. The lowest BCUT2D eigenvalue weighted by molar-refractivity contribution is -0.140. The van der Waals surface area contributed by atoms with Gasteiger partial charge < -0.3 is 5.11 Å². The molecule has 1 nitrogen and oxygen atoms in total. The smallest absolute Gasteiger partial charge is 0.389 e. The highest BCUT2D eigenvalue weighted by Gasteiger charge is 2.34. The fourth-order valence-corrected chi connectivity index (χ4v) is 2.65. The molecule has 2 rings (SSSR count). The van der Waals surface area contributed by atoms with E-state index >= 15 is 0 Å². The fourth-order valence-electron chi connectivity index (χ4n) is 2.65. The van der Waals surface area contributed by atoms with Crippen molar-refractivity contribution in [2.45, 2.75) is 39.0 Å². The Morgan fingerprint density at radius 3 is 2.40 bits per heavy atom. The molecule has 0 aromatic heterocycles. The first kappa shape index (κ1) is 15.0. The van der Waals surface area contributed by atoms with Gasteiger partial charge in [0.2, 0.25) is 0 Å². The predicted molar refractivity (Wildman–Crippen MR) is 68.4 cm³/mol. The third-order valence-corrected chi connectivity index (χ3v) is 3.47. The highest BCUT2D eigenvalue weighted by molar-refractivity contribution is 5.68. The van der Waals surface area contributed by atoms with Crippen LogP contribution in [0.5, 0.6) is 0 Å².